The molecule has 1 atom stereocenters. The largest absolute Gasteiger partial charge is 0.354 e. The highest BCUT2D eigenvalue weighted by Gasteiger charge is 2.40. The maximum Gasteiger partial charge on any atom is 0.255 e. The Balaban J connectivity index is 1.52. The predicted octanol–water partition coefficient (Wildman–Crippen LogP) is 3.74. The summed E-state index contributed by atoms with van der Waals surface area (Å²) >= 11 is 0. The van der Waals surface area contributed by atoms with Crippen molar-refractivity contribution in [3.05, 3.63) is 107 Å². The first-order valence-corrected chi connectivity index (χ1v) is 9.49. The van der Waals surface area contributed by atoms with E-state index in [4.69, 9.17) is 0 Å². The second-order valence-corrected chi connectivity index (χ2v) is 6.94. The topological polar surface area (TPSA) is 49.4 Å². The minimum atomic E-state index is -0.598. The van der Waals surface area contributed by atoms with Crippen molar-refractivity contribution < 1.29 is 9.59 Å². The molecule has 1 aliphatic rings. The SMILES string of the molecule is O=C(NCCc1ccccc1)C1c2ccccc2C(=O)N1Cc1ccccc1. The molecule has 0 fully saturated rings. The Hall–Kier alpha value is -3.40. The van der Waals surface area contributed by atoms with E-state index in [9.17, 15) is 9.59 Å². The first kappa shape index (κ1) is 18.0. The van der Waals surface area contributed by atoms with Crippen LogP contribution in [0.25, 0.3) is 0 Å². The lowest BCUT2D eigenvalue weighted by Crippen LogP contribution is -2.39. The van der Waals surface area contributed by atoms with Crippen molar-refractivity contribution in [2.45, 2.75) is 19.0 Å². The molecule has 0 saturated heterocycles. The van der Waals surface area contributed by atoms with E-state index in [1.165, 1.54) is 5.56 Å². The van der Waals surface area contributed by atoms with Gasteiger partial charge in [0.2, 0.25) is 5.91 Å². The minimum absolute atomic E-state index is 0.0948. The van der Waals surface area contributed by atoms with Crippen LogP contribution in [0.3, 0.4) is 0 Å². The molecule has 4 nitrogen and oxygen atoms in total. The van der Waals surface area contributed by atoms with Crippen LogP contribution in [0.1, 0.15) is 33.1 Å². The van der Waals surface area contributed by atoms with Gasteiger partial charge in [-0.2, -0.15) is 0 Å². The fourth-order valence-electron chi connectivity index (χ4n) is 3.67. The maximum atomic E-state index is 13.0. The first-order chi connectivity index (χ1) is 13.7. The molecule has 140 valence electrons. The fourth-order valence-corrected chi connectivity index (χ4v) is 3.67. The number of nitrogens with zero attached hydrogens (tertiary/aromatic N) is 1. The molecule has 0 saturated carbocycles. The normalized spacial score (nSPS) is 15.4. The smallest absolute Gasteiger partial charge is 0.255 e. The van der Waals surface area contributed by atoms with Crippen molar-refractivity contribution in [1.29, 1.82) is 0 Å². The number of nitrogens with one attached hydrogen (secondary N) is 1. The highest BCUT2D eigenvalue weighted by Crippen LogP contribution is 2.34. The molecule has 4 rings (SSSR count). The third-order valence-electron chi connectivity index (χ3n) is 5.06. The number of carbonyl (C=O) groups is 2. The van der Waals surface area contributed by atoms with Crippen molar-refractivity contribution in [3.8, 4) is 0 Å². The third kappa shape index (κ3) is 3.67. The van der Waals surface area contributed by atoms with Gasteiger partial charge in [-0.1, -0.05) is 78.9 Å². The monoisotopic (exact) mass is 370 g/mol. The Bertz CT molecular complexity index is 970. The van der Waals surface area contributed by atoms with Crippen LogP contribution >= 0.6 is 0 Å². The first-order valence-electron chi connectivity index (χ1n) is 9.49. The average Bonchev–Trinajstić information content (AvgIpc) is 3.01. The number of rotatable bonds is 6. The molecule has 28 heavy (non-hydrogen) atoms. The molecular weight excluding hydrogens is 348 g/mol. The summed E-state index contributed by atoms with van der Waals surface area (Å²) in [6, 6.07) is 26.6. The molecular formula is C24H22N2O2. The highest BCUT2D eigenvalue weighted by atomic mass is 16.2. The summed E-state index contributed by atoms with van der Waals surface area (Å²) in [5, 5.41) is 3.02. The number of carbonyl (C=O) groups excluding carboxylic acids is 2. The Morgan fingerprint density at radius 2 is 1.43 bits per heavy atom. The van der Waals surface area contributed by atoms with E-state index in [0.29, 0.717) is 18.7 Å². The Labute approximate surface area is 164 Å². The van der Waals surface area contributed by atoms with Gasteiger partial charge in [-0.3, -0.25) is 9.59 Å². The van der Waals surface area contributed by atoms with E-state index in [1.807, 2.05) is 78.9 Å². The van der Waals surface area contributed by atoms with Gasteiger partial charge in [-0.25, -0.2) is 0 Å². The van der Waals surface area contributed by atoms with Crippen molar-refractivity contribution >= 4 is 11.8 Å². The van der Waals surface area contributed by atoms with Crippen LogP contribution in [0.15, 0.2) is 84.9 Å². The summed E-state index contributed by atoms with van der Waals surface area (Å²) in [6.45, 7) is 0.944. The molecule has 0 bridgehead atoms. The zero-order valence-electron chi connectivity index (χ0n) is 15.5. The van der Waals surface area contributed by atoms with E-state index in [2.05, 4.69) is 5.32 Å². The van der Waals surface area contributed by atoms with Crippen LogP contribution in [0.2, 0.25) is 0 Å². The molecule has 1 unspecified atom stereocenters. The zero-order valence-corrected chi connectivity index (χ0v) is 15.5. The molecule has 3 aromatic carbocycles. The van der Waals surface area contributed by atoms with Gasteiger partial charge in [-0.05, 0) is 29.2 Å². The third-order valence-corrected chi connectivity index (χ3v) is 5.06. The van der Waals surface area contributed by atoms with Gasteiger partial charge in [0.25, 0.3) is 5.91 Å². The van der Waals surface area contributed by atoms with Crippen molar-refractivity contribution in [1.82, 2.24) is 10.2 Å². The molecule has 1 heterocycles. The van der Waals surface area contributed by atoms with Crippen molar-refractivity contribution in [2.24, 2.45) is 0 Å². The van der Waals surface area contributed by atoms with Crippen molar-refractivity contribution in [3.63, 3.8) is 0 Å². The molecule has 1 N–H and O–H groups in total. The number of amides is 2. The van der Waals surface area contributed by atoms with Crippen LogP contribution in [-0.2, 0) is 17.8 Å². The van der Waals surface area contributed by atoms with E-state index < -0.39 is 6.04 Å². The highest BCUT2D eigenvalue weighted by molar-refractivity contribution is 6.04. The predicted molar refractivity (Wildman–Crippen MR) is 109 cm³/mol. The van der Waals surface area contributed by atoms with Crippen LogP contribution < -0.4 is 5.32 Å². The van der Waals surface area contributed by atoms with Crippen LogP contribution in [-0.4, -0.2) is 23.3 Å². The fraction of sp³-hybridized carbons (Fsp3) is 0.167. The molecule has 0 radical (unpaired) electrons. The van der Waals surface area contributed by atoms with E-state index in [0.717, 1.165) is 17.5 Å². The quantitative estimate of drug-likeness (QED) is 0.719. The summed E-state index contributed by atoms with van der Waals surface area (Å²) in [7, 11) is 0. The Morgan fingerprint density at radius 3 is 2.14 bits per heavy atom. The van der Waals surface area contributed by atoms with Gasteiger partial charge < -0.3 is 10.2 Å². The lowest BCUT2D eigenvalue weighted by atomic mass is 10.0. The minimum Gasteiger partial charge on any atom is -0.354 e. The molecule has 4 heteroatoms. The zero-order chi connectivity index (χ0) is 19.3. The molecule has 0 aromatic heterocycles. The van der Waals surface area contributed by atoms with E-state index in [1.54, 1.807) is 11.0 Å². The summed E-state index contributed by atoms with van der Waals surface area (Å²) < 4.78 is 0. The standard InChI is InChI=1S/C24H22N2O2/c27-23(25-16-15-18-9-3-1-4-10-18)22-20-13-7-8-14-21(20)24(28)26(22)17-19-11-5-2-6-12-19/h1-14,22H,15-17H2,(H,25,27). The molecule has 0 spiro atoms. The molecule has 0 aliphatic carbocycles. The van der Waals surface area contributed by atoms with Gasteiger partial charge in [0.05, 0.1) is 0 Å². The Kier molecular flexibility index (Phi) is 5.20. The number of benzene rings is 3. The average molecular weight is 370 g/mol. The van der Waals surface area contributed by atoms with Gasteiger partial charge in [0.15, 0.2) is 0 Å². The molecule has 3 aromatic rings. The van der Waals surface area contributed by atoms with E-state index >= 15 is 0 Å². The second kappa shape index (κ2) is 8.09. The number of hydrogen-bond acceptors (Lipinski definition) is 2. The summed E-state index contributed by atoms with van der Waals surface area (Å²) in [5.74, 6) is -0.229. The van der Waals surface area contributed by atoms with Gasteiger partial charge in [0, 0.05) is 18.7 Å². The number of hydrogen-bond donors (Lipinski definition) is 1. The van der Waals surface area contributed by atoms with Crippen molar-refractivity contribution in [2.75, 3.05) is 6.54 Å². The van der Waals surface area contributed by atoms with Gasteiger partial charge in [0.1, 0.15) is 6.04 Å². The van der Waals surface area contributed by atoms with Gasteiger partial charge >= 0.3 is 0 Å². The summed E-state index contributed by atoms with van der Waals surface area (Å²) in [6.07, 6.45) is 0.758. The van der Waals surface area contributed by atoms with Crippen LogP contribution in [0.5, 0.6) is 0 Å². The van der Waals surface area contributed by atoms with Gasteiger partial charge in [-0.15, -0.1) is 0 Å². The summed E-state index contributed by atoms with van der Waals surface area (Å²) in [4.78, 5) is 27.7. The maximum absolute atomic E-state index is 13.0. The lowest BCUT2D eigenvalue weighted by molar-refractivity contribution is -0.125. The molecule has 1 aliphatic heterocycles. The lowest BCUT2D eigenvalue weighted by Gasteiger charge is -2.25. The summed E-state index contributed by atoms with van der Waals surface area (Å²) in [5.41, 5.74) is 3.57. The van der Waals surface area contributed by atoms with E-state index in [-0.39, 0.29) is 11.8 Å². The van der Waals surface area contributed by atoms with Crippen LogP contribution in [0, 0.1) is 0 Å². The molecule has 2 amide bonds. The van der Waals surface area contributed by atoms with Crippen LogP contribution in [0.4, 0.5) is 0 Å². The second-order valence-electron chi connectivity index (χ2n) is 6.94. The number of fused-ring (bicyclic) bond motifs is 1. The Morgan fingerprint density at radius 1 is 0.821 bits per heavy atom.